The molecule has 0 bridgehead atoms. The number of piperidine rings is 1. The average Bonchev–Trinajstić information content (AvgIpc) is 3.06. The van der Waals surface area contributed by atoms with Gasteiger partial charge in [0.25, 0.3) is 0 Å². The molecule has 1 saturated heterocycles. The van der Waals surface area contributed by atoms with E-state index in [-0.39, 0.29) is 5.41 Å². The highest BCUT2D eigenvalue weighted by Gasteiger charge is 2.23. The van der Waals surface area contributed by atoms with Crippen molar-refractivity contribution in [2.75, 3.05) is 23.3 Å². The Morgan fingerprint density at radius 1 is 1.04 bits per heavy atom. The third kappa shape index (κ3) is 3.75. The van der Waals surface area contributed by atoms with Gasteiger partial charge in [-0.05, 0) is 44.0 Å². The number of nitrogens with one attached hydrogen (secondary N) is 1. The van der Waals surface area contributed by atoms with Gasteiger partial charge >= 0.3 is 0 Å². The zero-order valence-electron chi connectivity index (χ0n) is 16.6. The lowest BCUT2D eigenvalue weighted by Crippen LogP contribution is -2.42. The van der Waals surface area contributed by atoms with Crippen LogP contribution in [0.1, 0.15) is 45.0 Å². The van der Waals surface area contributed by atoms with Gasteiger partial charge in [-0.15, -0.1) is 15.3 Å². The van der Waals surface area contributed by atoms with Gasteiger partial charge in [0, 0.05) is 30.2 Å². The van der Waals surface area contributed by atoms with Gasteiger partial charge in [-0.1, -0.05) is 38.5 Å². The normalized spacial score (nSPS) is 18.1. The van der Waals surface area contributed by atoms with E-state index >= 15 is 0 Å². The van der Waals surface area contributed by atoms with Gasteiger partial charge in [-0.3, -0.25) is 0 Å². The van der Waals surface area contributed by atoms with Crippen molar-refractivity contribution < 1.29 is 0 Å². The van der Waals surface area contributed by atoms with Crippen molar-refractivity contribution in [3.63, 3.8) is 0 Å². The molecule has 4 rings (SSSR count). The fraction of sp³-hybridized carbons (Fsp3) is 0.476. The van der Waals surface area contributed by atoms with Crippen molar-refractivity contribution in [3.8, 4) is 0 Å². The summed E-state index contributed by atoms with van der Waals surface area (Å²) in [7, 11) is 0. The molecule has 27 heavy (non-hydrogen) atoms. The molecule has 0 spiro atoms. The number of benzene rings is 1. The Kier molecular flexibility index (Phi) is 4.50. The van der Waals surface area contributed by atoms with Crippen LogP contribution in [0.2, 0.25) is 0 Å². The number of aromatic nitrogens is 4. The molecule has 1 unspecified atom stereocenters. The molecule has 0 saturated carbocycles. The van der Waals surface area contributed by atoms with Gasteiger partial charge in [-0.2, -0.15) is 4.52 Å². The summed E-state index contributed by atoms with van der Waals surface area (Å²) in [5.74, 6) is 1.76. The van der Waals surface area contributed by atoms with Crippen LogP contribution in [0.25, 0.3) is 5.65 Å². The molecule has 3 heterocycles. The molecule has 1 atom stereocenters. The molecule has 0 amide bonds. The lowest BCUT2D eigenvalue weighted by molar-refractivity contribution is 0.520. The van der Waals surface area contributed by atoms with Crippen LogP contribution in [0.3, 0.4) is 0 Å². The first-order valence-electron chi connectivity index (χ1n) is 9.71. The summed E-state index contributed by atoms with van der Waals surface area (Å²) in [5, 5.41) is 17.0. The zero-order chi connectivity index (χ0) is 19.0. The maximum Gasteiger partial charge on any atom is 0.178 e. The summed E-state index contributed by atoms with van der Waals surface area (Å²) in [6, 6.07) is 13.2. The number of hydrogen-bond acceptors (Lipinski definition) is 5. The summed E-state index contributed by atoms with van der Waals surface area (Å²) in [4.78, 5) is 2.46. The smallest absolute Gasteiger partial charge is 0.178 e. The first kappa shape index (κ1) is 17.8. The van der Waals surface area contributed by atoms with Crippen molar-refractivity contribution in [2.45, 2.75) is 52.0 Å². The highest BCUT2D eigenvalue weighted by molar-refractivity contribution is 5.49. The lowest BCUT2D eigenvalue weighted by Gasteiger charge is -2.35. The predicted molar refractivity (Wildman–Crippen MR) is 110 cm³/mol. The Hall–Kier alpha value is -2.63. The topological polar surface area (TPSA) is 58.3 Å². The van der Waals surface area contributed by atoms with Crippen LogP contribution in [0.4, 0.5) is 11.5 Å². The Bertz CT molecular complexity index is 922. The first-order valence-corrected chi connectivity index (χ1v) is 9.71. The summed E-state index contributed by atoms with van der Waals surface area (Å²) < 4.78 is 1.86. The maximum absolute atomic E-state index is 4.77. The number of aryl methyl sites for hydroxylation is 1. The van der Waals surface area contributed by atoms with Crippen molar-refractivity contribution in [1.29, 1.82) is 0 Å². The van der Waals surface area contributed by atoms with E-state index in [1.54, 1.807) is 0 Å². The van der Waals surface area contributed by atoms with Crippen molar-refractivity contribution >= 4 is 17.2 Å². The average molecular weight is 364 g/mol. The quantitative estimate of drug-likeness (QED) is 0.766. The minimum absolute atomic E-state index is 0.0991. The van der Waals surface area contributed by atoms with E-state index in [1.165, 1.54) is 17.7 Å². The summed E-state index contributed by atoms with van der Waals surface area (Å²) in [5.41, 5.74) is 3.28. The van der Waals surface area contributed by atoms with Gasteiger partial charge in [0.2, 0.25) is 0 Å². The molecule has 6 nitrogen and oxygen atoms in total. The maximum atomic E-state index is 4.77. The van der Waals surface area contributed by atoms with E-state index < -0.39 is 0 Å². The molecule has 1 fully saturated rings. The zero-order valence-corrected chi connectivity index (χ0v) is 16.6. The minimum Gasteiger partial charge on any atom is -0.369 e. The molecule has 3 aromatic rings. The van der Waals surface area contributed by atoms with Gasteiger partial charge in [-0.25, -0.2) is 0 Å². The molecule has 1 aliphatic heterocycles. The second-order valence-corrected chi connectivity index (χ2v) is 8.53. The standard InChI is InChI=1S/C21H28N6/c1-15-7-9-17(10-8-15)26-13-5-6-16(14-26)22-18-11-12-19-23-24-20(21(2,3)4)27(19)25-18/h7-12,16H,5-6,13-14H2,1-4H3,(H,22,25). The highest BCUT2D eigenvalue weighted by atomic mass is 15.4. The molecule has 2 aromatic heterocycles. The molecule has 0 radical (unpaired) electrons. The molecule has 1 N–H and O–H groups in total. The Morgan fingerprint density at radius 3 is 2.56 bits per heavy atom. The monoisotopic (exact) mass is 364 g/mol. The van der Waals surface area contributed by atoms with Crippen LogP contribution in [0.5, 0.6) is 0 Å². The SMILES string of the molecule is Cc1ccc(N2CCCC(Nc3ccc4nnc(C(C)(C)C)n4n3)C2)cc1. The van der Waals surface area contributed by atoms with E-state index in [1.807, 2.05) is 16.6 Å². The van der Waals surface area contributed by atoms with Crippen LogP contribution in [0.15, 0.2) is 36.4 Å². The molecule has 142 valence electrons. The second-order valence-electron chi connectivity index (χ2n) is 8.53. The Labute approximate surface area is 160 Å². The van der Waals surface area contributed by atoms with Crippen LogP contribution >= 0.6 is 0 Å². The van der Waals surface area contributed by atoms with Crippen LogP contribution < -0.4 is 10.2 Å². The van der Waals surface area contributed by atoms with Crippen LogP contribution in [-0.4, -0.2) is 38.9 Å². The van der Waals surface area contributed by atoms with Crippen molar-refractivity contribution in [1.82, 2.24) is 19.8 Å². The molecular weight excluding hydrogens is 336 g/mol. The summed E-state index contributed by atoms with van der Waals surface area (Å²) in [6.07, 6.45) is 2.32. The van der Waals surface area contributed by atoms with Gasteiger partial charge in [0.15, 0.2) is 11.5 Å². The van der Waals surface area contributed by atoms with E-state index in [0.29, 0.717) is 6.04 Å². The molecule has 0 aliphatic carbocycles. The second kappa shape index (κ2) is 6.83. The molecule has 1 aromatic carbocycles. The van der Waals surface area contributed by atoms with Gasteiger partial charge in [0.05, 0.1) is 0 Å². The number of anilines is 2. The van der Waals surface area contributed by atoms with Crippen molar-refractivity contribution in [2.24, 2.45) is 0 Å². The third-order valence-electron chi connectivity index (χ3n) is 5.11. The Morgan fingerprint density at radius 2 is 1.81 bits per heavy atom. The summed E-state index contributed by atoms with van der Waals surface area (Å²) >= 11 is 0. The van der Waals surface area contributed by atoms with Crippen LogP contribution in [0, 0.1) is 6.92 Å². The van der Waals surface area contributed by atoms with Gasteiger partial charge in [0.1, 0.15) is 5.82 Å². The van der Waals surface area contributed by atoms with Crippen molar-refractivity contribution in [3.05, 3.63) is 47.8 Å². The number of fused-ring (bicyclic) bond motifs is 1. The van der Waals surface area contributed by atoms with Gasteiger partial charge < -0.3 is 10.2 Å². The summed E-state index contributed by atoms with van der Waals surface area (Å²) in [6.45, 7) is 10.6. The first-order chi connectivity index (χ1) is 12.9. The predicted octanol–water partition coefficient (Wildman–Crippen LogP) is 3.81. The third-order valence-corrected chi connectivity index (χ3v) is 5.11. The van der Waals surface area contributed by atoms with Crippen LogP contribution in [-0.2, 0) is 5.41 Å². The van der Waals surface area contributed by atoms with E-state index in [9.17, 15) is 0 Å². The molecule has 6 heteroatoms. The minimum atomic E-state index is -0.0991. The Balaban J connectivity index is 1.52. The number of rotatable bonds is 3. The highest BCUT2D eigenvalue weighted by Crippen LogP contribution is 2.23. The number of nitrogens with zero attached hydrogens (tertiary/aromatic N) is 5. The number of hydrogen-bond donors (Lipinski definition) is 1. The van der Waals surface area contributed by atoms with E-state index in [0.717, 1.165) is 36.8 Å². The largest absolute Gasteiger partial charge is 0.369 e. The fourth-order valence-corrected chi connectivity index (χ4v) is 3.63. The fourth-order valence-electron chi connectivity index (χ4n) is 3.63. The molecular formula is C21H28N6. The molecule has 1 aliphatic rings. The van der Waals surface area contributed by atoms with E-state index in [4.69, 9.17) is 5.10 Å². The lowest BCUT2D eigenvalue weighted by atomic mass is 9.96. The van der Waals surface area contributed by atoms with E-state index in [2.05, 4.69) is 72.4 Å².